The highest BCUT2D eigenvalue weighted by Crippen LogP contribution is 2.32. The molecule has 19 heavy (non-hydrogen) atoms. The number of amides is 1. The van der Waals surface area contributed by atoms with Crippen molar-refractivity contribution in [3.63, 3.8) is 0 Å². The molecule has 8 heteroatoms. The van der Waals surface area contributed by atoms with Crippen molar-refractivity contribution in [2.45, 2.75) is 31.0 Å². The zero-order valence-electron chi connectivity index (χ0n) is 10.8. The van der Waals surface area contributed by atoms with Gasteiger partial charge in [-0.25, -0.2) is 0 Å². The van der Waals surface area contributed by atoms with Crippen LogP contribution in [0, 0.1) is 5.41 Å². The SMILES string of the molecule is CN(/C=C\C(=N)NC=O)C1OC(CO)C(O)[C@]1(C)O. The Morgan fingerprint density at radius 3 is 2.74 bits per heavy atom. The van der Waals surface area contributed by atoms with Crippen LogP contribution in [0.15, 0.2) is 12.3 Å². The van der Waals surface area contributed by atoms with E-state index in [-0.39, 0.29) is 5.84 Å². The highest BCUT2D eigenvalue weighted by atomic mass is 16.6. The zero-order chi connectivity index (χ0) is 14.6. The Morgan fingerprint density at radius 2 is 2.26 bits per heavy atom. The fourth-order valence-corrected chi connectivity index (χ4v) is 1.93. The number of aliphatic hydroxyl groups is 3. The van der Waals surface area contributed by atoms with Crippen molar-refractivity contribution in [3.8, 4) is 0 Å². The van der Waals surface area contributed by atoms with Gasteiger partial charge in [-0.2, -0.15) is 0 Å². The van der Waals surface area contributed by atoms with Gasteiger partial charge in [0.1, 0.15) is 23.6 Å². The number of amidine groups is 1. The van der Waals surface area contributed by atoms with Gasteiger partial charge in [-0.1, -0.05) is 0 Å². The largest absolute Gasteiger partial charge is 0.394 e. The maximum absolute atomic E-state index is 10.2. The highest BCUT2D eigenvalue weighted by Gasteiger charge is 2.53. The molecule has 0 saturated carbocycles. The van der Waals surface area contributed by atoms with Gasteiger partial charge >= 0.3 is 0 Å². The van der Waals surface area contributed by atoms with Crippen molar-refractivity contribution in [3.05, 3.63) is 12.3 Å². The molecule has 1 amide bonds. The predicted octanol–water partition coefficient (Wildman–Crippen LogP) is -2.02. The molecule has 1 aliphatic rings. The number of nitrogens with one attached hydrogen (secondary N) is 2. The van der Waals surface area contributed by atoms with Gasteiger partial charge in [0.15, 0.2) is 6.23 Å². The van der Waals surface area contributed by atoms with Crippen LogP contribution >= 0.6 is 0 Å². The quantitative estimate of drug-likeness (QED) is 0.224. The molecule has 0 aliphatic carbocycles. The van der Waals surface area contributed by atoms with Gasteiger partial charge in [0.05, 0.1) is 6.61 Å². The van der Waals surface area contributed by atoms with E-state index in [1.807, 2.05) is 0 Å². The van der Waals surface area contributed by atoms with Crippen LogP contribution in [0.4, 0.5) is 0 Å². The topological polar surface area (TPSA) is 126 Å². The molecular weight excluding hydrogens is 254 g/mol. The second-order valence-corrected chi connectivity index (χ2v) is 4.54. The van der Waals surface area contributed by atoms with Gasteiger partial charge in [-0.3, -0.25) is 10.2 Å². The summed E-state index contributed by atoms with van der Waals surface area (Å²) in [5.41, 5.74) is -1.56. The van der Waals surface area contributed by atoms with E-state index in [9.17, 15) is 15.0 Å². The van der Waals surface area contributed by atoms with E-state index in [1.54, 1.807) is 7.05 Å². The monoisotopic (exact) mass is 273 g/mol. The molecule has 8 nitrogen and oxygen atoms in total. The molecule has 0 bridgehead atoms. The third kappa shape index (κ3) is 3.29. The number of aliphatic hydroxyl groups excluding tert-OH is 2. The van der Waals surface area contributed by atoms with Gasteiger partial charge < -0.3 is 30.3 Å². The molecule has 1 heterocycles. The molecule has 0 aromatic heterocycles. The molecule has 1 saturated heterocycles. The minimum absolute atomic E-state index is 0.126. The molecule has 0 radical (unpaired) electrons. The maximum Gasteiger partial charge on any atom is 0.212 e. The van der Waals surface area contributed by atoms with Crippen molar-refractivity contribution in [2.24, 2.45) is 0 Å². The molecule has 5 N–H and O–H groups in total. The normalized spacial score (nSPS) is 34.5. The van der Waals surface area contributed by atoms with Gasteiger partial charge in [-0.05, 0) is 13.0 Å². The van der Waals surface area contributed by atoms with Crippen LogP contribution < -0.4 is 5.32 Å². The number of ether oxygens (including phenoxy) is 1. The molecule has 1 aliphatic heterocycles. The third-order valence-corrected chi connectivity index (χ3v) is 3.00. The smallest absolute Gasteiger partial charge is 0.212 e. The first-order valence-electron chi connectivity index (χ1n) is 5.70. The van der Waals surface area contributed by atoms with Crippen LogP contribution in [0.3, 0.4) is 0 Å². The highest BCUT2D eigenvalue weighted by molar-refractivity contribution is 5.96. The first kappa shape index (κ1) is 15.6. The minimum atomic E-state index is -1.56. The van der Waals surface area contributed by atoms with E-state index in [0.717, 1.165) is 0 Å². The molecule has 108 valence electrons. The maximum atomic E-state index is 10.2. The summed E-state index contributed by atoms with van der Waals surface area (Å²) in [6.07, 6.45) is 0.131. The van der Waals surface area contributed by atoms with E-state index in [0.29, 0.717) is 6.41 Å². The number of carbonyl (C=O) groups excluding carboxylic acids is 1. The lowest BCUT2D eigenvalue weighted by atomic mass is 9.96. The van der Waals surface area contributed by atoms with E-state index in [4.69, 9.17) is 15.3 Å². The van der Waals surface area contributed by atoms with Crippen molar-refractivity contribution in [1.82, 2.24) is 10.2 Å². The number of rotatable bonds is 5. The van der Waals surface area contributed by atoms with Crippen LogP contribution in [-0.4, -0.2) is 70.2 Å². The average Bonchev–Trinajstić information content (AvgIpc) is 2.58. The summed E-state index contributed by atoms with van der Waals surface area (Å²) >= 11 is 0. The summed E-state index contributed by atoms with van der Waals surface area (Å²) in [5, 5.41) is 38.5. The van der Waals surface area contributed by atoms with Gasteiger partial charge in [-0.15, -0.1) is 0 Å². The summed E-state index contributed by atoms with van der Waals surface area (Å²) in [4.78, 5) is 11.6. The Labute approximate surface area is 110 Å². The standard InChI is InChI=1S/C11H19N3O5/c1-11(18)9(17)7(5-15)19-10(11)14(2)4-3-8(12)13-6-16/h3-4,6-7,9-10,15,17-18H,5H2,1-2H3,(H2,12,13,16)/b4-3-/t7?,9?,10?,11-/m0/s1. The molecule has 0 spiro atoms. The van der Waals surface area contributed by atoms with Crippen LogP contribution in [0.5, 0.6) is 0 Å². The lowest BCUT2D eigenvalue weighted by Crippen LogP contribution is -2.50. The summed E-state index contributed by atoms with van der Waals surface area (Å²) in [6.45, 7) is 0.991. The second kappa shape index (κ2) is 6.11. The number of hydrogen-bond donors (Lipinski definition) is 5. The van der Waals surface area contributed by atoms with Crippen molar-refractivity contribution in [1.29, 1.82) is 5.41 Å². The molecule has 0 aromatic carbocycles. The Kier molecular flexibility index (Phi) is 5.01. The van der Waals surface area contributed by atoms with Crippen molar-refractivity contribution in [2.75, 3.05) is 13.7 Å². The lowest BCUT2D eigenvalue weighted by molar-refractivity contribution is -0.112. The molecule has 1 fully saturated rings. The lowest BCUT2D eigenvalue weighted by Gasteiger charge is -2.32. The van der Waals surface area contributed by atoms with E-state index < -0.39 is 30.6 Å². The molecule has 3 unspecified atom stereocenters. The van der Waals surface area contributed by atoms with Gasteiger partial charge in [0.2, 0.25) is 6.41 Å². The summed E-state index contributed by atoms with van der Waals surface area (Å²) in [7, 11) is 1.58. The average molecular weight is 273 g/mol. The summed E-state index contributed by atoms with van der Waals surface area (Å²) < 4.78 is 5.36. The molecular formula is C11H19N3O5. The van der Waals surface area contributed by atoms with Gasteiger partial charge in [0, 0.05) is 13.2 Å². The van der Waals surface area contributed by atoms with Gasteiger partial charge in [0.25, 0.3) is 0 Å². The first-order valence-corrected chi connectivity index (χ1v) is 5.70. The van der Waals surface area contributed by atoms with Crippen LogP contribution in [0.2, 0.25) is 0 Å². The van der Waals surface area contributed by atoms with Crippen LogP contribution in [-0.2, 0) is 9.53 Å². The Morgan fingerprint density at radius 1 is 1.63 bits per heavy atom. The molecule has 0 aromatic rings. The molecule has 1 rings (SSSR count). The fourth-order valence-electron chi connectivity index (χ4n) is 1.93. The third-order valence-electron chi connectivity index (χ3n) is 3.00. The summed E-state index contributed by atoms with van der Waals surface area (Å²) in [6, 6.07) is 0. The van der Waals surface area contributed by atoms with E-state index in [1.165, 1.54) is 24.1 Å². The number of likely N-dealkylation sites (N-methyl/N-ethyl adjacent to an activating group) is 1. The fraction of sp³-hybridized carbons (Fsp3) is 0.636. The summed E-state index contributed by atoms with van der Waals surface area (Å²) in [5.74, 6) is -0.126. The van der Waals surface area contributed by atoms with Crippen LogP contribution in [0.1, 0.15) is 6.92 Å². The van der Waals surface area contributed by atoms with E-state index in [2.05, 4.69) is 5.32 Å². The Bertz CT molecular complexity index is 371. The van der Waals surface area contributed by atoms with E-state index >= 15 is 0 Å². The first-order chi connectivity index (χ1) is 8.84. The van der Waals surface area contributed by atoms with Crippen molar-refractivity contribution >= 4 is 12.2 Å². The number of hydrogen-bond acceptors (Lipinski definition) is 7. The number of nitrogens with zero attached hydrogens (tertiary/aromatic N) is 1. The predicted molar refractivity (Wildman–Crippen MR) is 66.2 cm³/mol. The Hall–Kier alpha value is -1.48. The minimum Gasteiger partial charge on any atom is -0.394 e. The second-order valence-electron chi connectivity index (χ2n) is 4.54. The number of carbonyl (C=O) groups is 1. The Balaban J connectivity index is 2.74. The van der Waals surface area contributed by atoms with Crippen molar-refractivity contribution < 1.29 is 24.9 Å². The van der Waals surface area contributed by atoms with Crippen LogP contribution in [0.25, 0.3) is 0 Å². The zero-order valence-corrected chi connectivity index (χ0v) is 10.8. The molecule has 4 atom stereocenters.